The van der Waals surface area contributed by atoms with E-state index in [0.717, 1.165) is 38.3 Å². The molecule has 1 aromatic heterocycles. The number of carbonyl (C=O) groups excluding carboxylic acids is 2. The summed E-state index contributed by atoms with van der Waals surface area (Å²) in [4.78, 5) is 28.5. The van der Waals surface area contributed by atoms with E-state index in [1.165, 1.54) is 5.56 Å². The zero-order chi connectivity index (χ0) is 18.2. The van der Waals surface area contributed by atoms with Gasteiger partial charge in [0.05, 0.1) is 6.42 Å². The number of hydrogen-bond donors (Lipinski definition) is 1. The standard InChI is InChI=1S/C20H25N3O2S/c24-19(14-17-4-2-1-3-5-17)21-8-6-20(25)23-11-9-22(10-12-23)15-18-7-13-26-16-18/h1-5,7,13,16H,6,8-12,14-15H2,(H,21,24). The number of amides is 2. The third-order valence-corrected chi connectivity index (χ3v) is 5.31. The van der Waals surface area contributed by atoms with Crippen LogP contribution in [0.1, 0.15) is 17.5 Å². The normalized spacial score (nSPS) is 15.0. The van der Waals surface area contributed by atoms with Crippen LogP contribution in [0, 0.1) is 0 Å². The van der Waals surface area contributed by atoms with Gasteiger partial charge in [0.1, 0.15) is 0 Å². The van der Waals surface area contributed by atoms with Crippen molar-refractivity contribution in [3.8, 4) is 0 Å². The molecule has 6 heteroatoms. The number of benzene rings is 1. The zero-order valence-electron chi connectivity index (χ0n) is 14.9. The van der Waals surface area contributed by atoms with Crippen molar-refractivity contribution in [2.45, 2.75) is 19.4 Å². The summed E-state index contributed by atoms with van der Waals surface area (Å²) < 4.78 is 0. The molecule has 1 saturated heterocycles. The lowest BCUT2D eigenvalue weighted by Gasteiger charge is -2.34. The Morgan fingerprint density at radius 1 is 1.00 bits per heavy atom. The van der Waals surface area contributed by atoms with Crippen LogP contribution in [0.5, 0.6) is 0 Å². The zero-order valence-corrected chi connectivity index (χ0v) is 15.7. The molecule has 1 aliphatic heterocycles. The highest BCUT2D eigenvalue weighted by Gasteiger charge is 2.21. The summed E-state index contributed by atoms with van der Waals surface area (Å²) in [6.45, 7) is 4.70. The topological polar surface area (TPSA) is 52.7 Å². The Kier molecular flexibility index (Phi) is 6.80. The highest BCUT2D eigenvalue weighted by molar-refractivity contribution is 7.07. The second-order valence-electron chi connectivity index (χ2n) is 6.55. The van der Waals surface area contributed by atoms with Crippen molar-refractivity contribution in [2.24, 2.45) is 0 Å². The molecule has 1 aromatic carbocycles. The predicted octanol–water partition coefficient (Wildman–Crippen LogP) is 2.14. The van der Waals surface area contributed by atoms with Crippen LogP contribution in [0.15, 0.2) is 47.2 Å². The molecule has 1 N–H and O–H groups in total. The van der Waals surface area contributed by atoms with Crippen molar-refractivity contribution < 1.29 is 9.59 Å². The number of nitrogens with one attached hydrogen (secondary N) is 1. The third-order valence-electron chi connectivity index (χ3n) is 4.58. The number of rotatable bonds is 7. The van der Waals surface area contributed by atoms with E-state index in [2.05, 4.69) is 27.0 Å². The fourth-order valence-corrected chi connectivity index (χ4v) is 3.77. The van der Waals surface area contributed by atoms with Gasteiger partial charge in [-0.05, 0) is 28.0 Å². The van der Waals surface area contributed by atoms with Crippen LogP contribution in [0.25, 0.3) is 0 Å². The van der Waals surface area contributed by atoms with Crippen molar-refractivity contribution in [1.29, 1.82) is 0 Å². The van der Waals surface area contributed by atoms with Crippen LogP contribution in [0.2, 0.25) is 0 Å². The molecule has 138 valence electrons. The molecule has 0 spiro atoms. The van der Waals surface area contributed by atoms with Gasteiger partial charge in [-0.3, -0.25) is 14.5 Å². The van der Waals surface area contributed by atoms with Crippen LogP contribution < -0.4 is 5.32 Å². The maximum Gasteiger partial charge on any atom is 0.224 e. The van der Waals surface area contributed by atoms with E-state index in [4.69, 9.17) is 0 Å². The van der Waals surface area contributed by atoms with Crippen LogP contribution in [-0.2, 0) is 22.6 Å². The van der Waals surface area contributed by atoms with Crippen LogP contribution in [-0.4, -0.2) is 54.3 Å². The molecule has 0 aliphatic carbocycles. The molecule has 0 radical (unpaired) electrons. The lowest BCUT2D eigenvalue weighted by atomic mass is 10.1. The van der Waals surface area contributed by atoms with Gasteiger partial charge in [-0.25, -0.2) is 0 Å². The Morgan fingerprint density at radius 2 is 1.77 bits per heavy atom. The Morgan fingerprint density at radius 3 is 2.46 bits per heavy atom. The summed E-state index contributed by atoms with van der Waals surface area (Å²) in [5.74, 6) is 0.0878. The Hall–Kier alpha value is -2.18. The minimum atomic E-state index is -0.0374. The van der Waals surface area contributed by atoms with Gasteiger partial charge in [0.25, 0.3) is 0 Å². The van der Waals surface area contributed by atoms with Crippen LogP contribution in [0.3, 0.4) is 0 Å². The number of nitrogens with zero attached hydrogens (tertiary/aromatic N) is 2. The largest absolute Gasteiger partial charge is 0.355 e. The quantitative estimate of drug-likeness (QED) is 0.811. The van der Waals surface area contributed by atoms with Gasteiger partial charge in [-0.1, -0.05) is 30.3 Å². The maximum absolute atomic E-state index is 12.3. The first-order valence-corrected chi connectivity index (χ1v) is 9.97. The highest BCUT2D eigenvalue weighted by atomic mass is 32.1. The van der Waals surface area contributed by atoms with E-state index in [-0.39, 0.29) is 11.8 Å². The number of carbonyl (C=O) groups is 2. The molecule has 0 atom stereocenters. The van der Waals surface area contributed by atoms with E-state index in [1.54, 1.807) is 11.3 Å². The van der Waals surface area contributed by atoms with Gasteiger partial charge in [-0.15, -0.1) is 0 Å². The molecule has 2 heterocycles. The van der Waals surface area contributed by atoms with Crippen molar-refractivity contribution in [3.63, 3.8) is 0 Å². The molecular formula is C20H25N3O2S. The number of thiophene rings is 1. The smallest absolute Gasteiger partial charge is 0.224 e. The van der Waals surface area contributed by atoms with E-state index in [1.807, 2.05) is 35.2 Å². The highest BCUT2D eigenvalue weighted by Crippen LogP contribution is 2.12. The summed E-state index contributed by atoms with van der Waals surface area (Å²) in [6, 6.07) is 11.8. The Balaban J connectivity index is 1.32. The fraction of sp³-hybridized carbons (Fsp3) is 0.400. The summed E-state index contributed by atoms with van der Waals surface area (Å²) in [5.41, 5.74) is 2.33. The summed E-state index contributed by atoms with van der Waals surface area (Å²) >= 11 is 1.72. The summed E-state index contributed by atoms with van der Waals surface area (Å²) in [6.07, 6.45) is 0.724. The van der Waals surface area contributed by atoms with Crippen molar-refractivity contribution in [2.75, 3.05) is 32.7 Å². The molecule has 0 unspecified atom stereocenters. The van der Waals surface area contributed by atoms with Crippen molar-refractivity contribution in [3.05, 3.63) is 58.3 Å². The molecule has 0 saturated carbocycles. The van der Waals surface area contributed by atoms with Gasteiger partial charge < -0.3 is 10.2 Å². The molecule has 2 aromatic rings. The lowest BCUT2D eigenvalue weighted by molar-refractivity contribution is -0.133. The summed E-state index contributed by atoms with van der Waals surface area (Å²) in [7, 11) is 0. The number of hydrogen-bond acceptors (Lipinski definition) is 4. The lowest BCUT2D eigenvalue weighted by Crippen LogP contribution is -2.48. The van der Waals surface area contributed by atoms with E-state index in [0.29, 0.717) is 19.4 Å². The average molecular weight is 372 g/mol. The first-order valence-electron chi connectivity index (χ1n) is 9.02. The molecule has 5 nitrogen and oxygen atoms in total. The monoisotopic (exact) mass is 371 g/mol. The maximum atomic E-state index is 12.3. The van der Waals surface area contributed by atoms with Crippen LogP contribution in [0.4, 0.5) is 0 Å². The van der Waals surface area contributed by atoms with Crippen molar-refractivity contribution in [1.82, 2.24) is 15.1 Å². The average Bonchev–Trinajstić information content (AvgIpc) is 3.16. The molecular weight excluding hydrogens is 346 g/mol. The third kappa shape index (κ3) is 5.68. The van der Waals surface area contributed by atoms with Crippen LogP contribution >= 0.6 is 11.3 Å². The number of piperazine rings is 1. The molecule has 26 heavy (non-hydrogen) atoms. The first-order chi connectivity index (χ1) is 12.7. The molecule has 3 rings (SSSR count). The van der Waals surface area contributed by atoms with Gasteiger partial charge in [-0.2, -0.15) is 11.3 Å². The minimum absolute atomic E-state index is 0.0374. The molecule has 1 fully saturated rings. The Bertz CT molecular complexity index is 695. The van der Waals surface area contributed by atoms with E-state index >= 15 is 0 Å². The molecule has 0 bridgehead atoms. The predicted molar refractivity (Wildman–Crippen MR) is 104 cm³/mol. The second-order valence-corrected chi connectivity index (χ2v) is 7.33. The first kappa shape index (κ1) is 18.6. The fourth-order valence-electron chi connectivity index (χ4n) is 3.11. The van der Waals surface area contributed by atoms with Gasteiger partial charge in [0.2, 0.25) is 11.8 Å². The van der Waals surface area contributed by atoms with Gasteiger partial charge in [0, 0.05) is 45.7 Å². The van der Waals surface area contributed by atoms with Gasteiger partial charge >= 0.3 is 0 Å². The van der Waals surface area contributed by atoms with E-state index < -0.39 is 0 Å². The van der Waals surface area contributed by atoms with Crippen molar-refractivity contribution >= 4 is 23.2 Å². The second kappa shape index (κ2) is 9.50. The minimum Gasteiger partial charge on any atom is -0.355 e. The summed E-state index contributed by atoms with van der Waals surface area (Å²) in [5, 5.41) is 7.12. The van der Waals surface area contributed by atoms with E-state index in [9.17, 15) is 9.59 Å². The SMILES string of the molecule is O=C(Cc1ccccc1)NCCC(=O)N1CCN(Cc2ccsc2)CC1. The Labute approximate surface area is 158 Å². The van der Waals surface area contributed by atoms with Gasteiger partial charge in [0.15, 0.2) is 0 Å². The molecule has 1 aliphatic rings. The molecule has 2 amide bonds.